The monoisotopic (exact) mass is 277 g/mol. The van der Waals surface area contributed by atoms with Crippen molar-refractivity contribution in [2.75, 3.05) is 32.7 Å². The van der Waals surface area contributed by atoms with Gasteiger partial charge in [-0.1, -0.05) is 0 Å². The molecule has 1 unspecified atom stereocenters. The van der Waals surface area contributed by atoms with E-state index in [4.69, 9.17) is 5.73 Å². The fourth-order valence-corrected chi connectivity index (χ4v) is 2.45. The van der Waals surface area contributed by atoms with E-state index in [9.17, 15) is 4.79 Å². The summed E-state index contributed by atoms with van der Waals surface area (Å²) in [5.74, 6) is 0.0561. The highest BCUT2D eigenvalue weighted by atomic mass is 16.2. The van der Waals surface area contributed by atoms with Crippen LogP contribution >= 0.6 is 0 Å². The summed E-state index contributed by atoms with van der Waals surface area (Å²) in [5.41, 5.74) is 7.82. The van der Waals surface area contributed by atoms with Crippen molar-refractivity contribution in [3.05, 3.63) is 23.0 Å². The molecule has 6 heteroatoms. The van der Waals surface area contributed by atoms with E-state index in [1.165, 1.54) is 0 Å². The van der Waals surface area contributed by atoms with Gasteiger partial charge < -0.3 is 10.6 Å². The van der Waals surface area contributed by atoms with E-state index in [1.54, 1.807) is 0 Å². The molecule has 1 atom stereocenters. The number of hydrogen-bond donors (Lipinski definition) is 1. The van der Waals surface area contributed by atoms with Crippen molar-refractivity contribution in [3.63, 3.8) is 0 Å². The molecule has 1 amide bonds. The number of carbonyl (C=O) groups is 1. The molecule has 1 aliphatic rings. The van der Waals surface area contributed by atoms with Crippen LogP contribution < -0.4 is 5.73 Å². The van der Waals surface area contributed by atoms with E-state index in [2.05, 4.69) is 22.0 Å². The number of piperazine rings is 1. The fraction of sp³-hybridized carbons (Fsp3) is 0.643. The van der Waals surface area contributed by atoms with Crippen LogP contribution in [-0.2, 0) is 0 Å². The molecule has 1 saturated heterocycles. The lowest BCUT2D eigenvalue weighted by Gasteiger charge is -2.37. The minimum atomic E-state index is 0.0561. The summed E-state index contributed by atoms with van der Waals surface area (Å²) < 4.78 is 0. The maximum atomic E-state index is 12.5. The number of aromatic nitrogens is 2. The van der Waals surface area contributed by atoms with Gasteiger partial charge in [0.05, 0.1) is 17.0 Å². The molecule has 1 aliphatic heterocycles. The Labute approximate surface area is 120 Å². The van der Waals surface area contributed by atoms with Crippen LogP contribution in [0, 0.1) is 13.8 Å². The van der Waals surface area contributed by atoms with Crippen LogP contribution in [0.15, 0.2) is 6.07 Å². The molecule has 0 aliphatic carbocycles. The third kappa shape index (κ3) is 3.13. The fourth-order valence-electron chi connectivity index (χ4n) is 2.45. The molecule has 20 heavy (non-hydrogen) atoms. The first-order valence-corrected chi connectivity index (χ1v) is 7.07. The molecular formula is C14H23N5O. The van der Waals surface area contributed by atoms with Crippen molar-refractivity contribution in [1.82, 2.24) is 20.0 Å². The average Bonchev–Trinajstić information content (AvgIpc) is 2.48. The standard InChI is InChI=1S/C14H23N5O/c1-10-8-13(12(3)17-16-10)14(20)19-6-4-18(5-7-19)11(2)9-15/h8,11H,4-7,9,15H2,1-3H3. The highest BCUT2D eigenvalue weighted by molar-refractivity contribution is 5.95. The molecule has 1 fully saturated rings. The van der Waals surface area contributed by atoms with Crippen LogP contribution in [0.1, 0.15) is 28.7 Å². The zero-order valence-electron chi connectivity index (χ0n) is 12.5. The van der Waals surface area contributed by atoms with E-state index >= 15 is 0 Å². The topological polar surface area (TPSA) is 75.4 Å². The van der Waals surface area contributed by atoms with Crippen LogP contribution in [0.25, 0.3) is 0 Å². The Morgan fingerprint density at radius 1 is 1.30 bits per heavy atom. The largest absolute Gasteiger partial charge is 0.336 e. The van der Waals surface area contributed by atoms with Crippen LogP contribution in [0.2, 0.25) is 0 Å². The maximum absolute atomic E-state index is 12.5. The molecule has 2 N–H and O–H groups in total. The summed E-state index contributed by atoms with van der Waals surface area (Å²) >= 11 is 0. The van der Waals surface area contributed by atoms with E-state index in [0.717, 1.165) is 31.9 Å². The minimum Gasteiger partial charge on any atom is -0.336 e. The molecule has 6 nitrogen and oxygen atoms in total. The van der Waals surface area contributed by atoms with Gasteiger partial charge in [0.2, 0.25) is 0 Å². The molecular weight excluding hydrogens is 254 g/mol. The van der Waals surface area contributed by atoms with Crippen molar-refractivity contribution < 1.29 is 4.79 Å². The average molecular weight is 277 g/mol. The van der Waals surface area contributed by atoms with Crippen LogP contribution in [0.3, 0.4) is 0 Å². The minimum absolute atomic E-state index is 0.0561. The van der Waals surface area contributed by atoms with E-state index in [1.807, 2.05) is 24.8 Å². The molecule has 2 rings (SSSR count). The van der Waals surface area contributed by atoms with Crippen molar-refractivity contribution >= 4 is 5.91 Å². The second-order valence-corrected chi connectivity index (χ2v) is 5.40. The molecule has 2 heterocycles. The van der Waals surface area contributed by atoms with Gasteiger partial charge in [-0.2, -0.15) is 10.2 Å². The van der Waals surface area contributed by atoms with Crippen LogP contribution in [-0.4, -0.2) is 64.7 Å². The molecule has 110 valence electrons. The lowest BCUT2D eigenvalue weighted by Crippen LogP contribution is -2.52. The molecule has 1 aromatic heterocycles. The van der Waals surface area contributed by atoms with Crippen molar-refractivity contribution in [3.8, 4) is 0 Å². The number of nitrogens with zero attached hydrogens (tertiary/aromatic N) is 4. The van der Waals surface area contributed by atoms with Crippen LogP contribution in [0.5, 0.6) is 0 Å². The van der Waals surface area contributed by atoms with Gasteiger partial charge in [-0.05, 0) is 26.8 Å². The zero-order valence-corrected chi connectivity index (χ0v) is 12.5. The van der Waals surface area contributed by atoms with Gasteiger partial charge >= 0.3 is 0 Å². The first-order chi connectivity index (χ1) is 9.52. The second kappa shape index (κ2) is 6.28. The summed E-state index contributed by atoms with van der Waals surface area (Å²) in [5, 5.41) is 8.00. The van der Waals surface area contributed by atoms with Gasteiger partial charge in [0.1, 0.15) is 0 Å². The predicted octanol–water partition coefficient (Wildman–Crippen LogP) is 0.198. The van der Waals surface area contributed by atoms with Crippen molar-refractivity contribution in [1.29, 1.82) is 0 Å². The lowest BCUT2D eigenvalue weighted by molar-refractivity contribution is 0.0587. The van der Waals surface area contributed by atoms with Gasteiger partial charge in [0, 0.05) is 38.8 Å². The van der Waals surface area contributed by atoms with Crippen molar-refractivity contribution in [2.45, 2.75) is 26.8 Å². The van der Waals surface area contributed by atoms with Gasteiger partial charge in [-0.15, -0.1) is 0 Å². The number of aryl methyl sites for hydroxylation is 2. The third-order valence-electron chi connectivity index (χ3n) is 3.90. The Balaban J connectivity index is 2.03. The molecule has 0 aromatic carbocycles. The van der Waals surface area contributed by atoms with Gasteiger partial charge in [-0.25, -0.2) is 0 Å². The first kappa shape index (κ1) is 14.9. The number of carbonyl (C=O) groups excluding carboxylic acids is 1. The third-order valence-corrected chi connectivity index (χ3v) is 3.90. The number of nitrogens with two attached hydrogens (primary N) is 1. The normalized spacial score (nSPS) is 18.1. The Morgan fingerprint density at radius 3 is 2.55 bits per heavy atom. The van der Waals surface area contributed by atoms with Crippen LogP contribution in [0.4, 0.5) is 0 Å². The van der Waals surface area contributed by atoms with E-state index in [-0.39, 0.29) is 5.91 Å². The second-order valence-electron chi connectivity index (χ2n) is 5.40. The summed E-state index contributed by atoms with van der Waals surface area (Å²) in [6.45, 7) is 9.68. The van der Waals surface area contributed by atoms with Gasteiger partial charge in [-0.3, -0.25) is 9.69 Å². The number of hydrogen-bond acceptors (Lipinski definition) is 5. The summed E-state index contributed by atoms with van der Waals surface area (Å²) in [6.07, 6.45) is 0. The summed E-state index contributed by atoms with van der Waals surface area (Å²) in [7, 11) is 0. The quantitative estimate of drug-likeness (QED) is 0.854. The van der Waals surface area contributed by atoms with E-state index < -0.39 is 0 Å². The summed E-state index contributed by atoms with van der Waals surface area (Å²) in [4.78, 5) is 16.8. The van der Waals surface area contributed by atoms with Gasteiger partial charge in [0.25, 0.3) is 5.91 Å². The Kier molecular flexibility index (Phi) is 4.67. The van der Waals surface area contributed by atoms with Crippen molar-refractivity contribution in [2.24, 2.45) is 5.73 Å². The number of rotatable bonds is 3. The number of amides is 1. The first-order valence-electron chi connectivity index (χ1n) is 7.07. The highest BCUT2D eigenvalue weighted by Crippen LogP contribution is 2.13. The molecule has 0 radical (unpaired) electrons. The predicted molar refractivity (Wildman–Crippen MR) is 77.5 cm³/mol. The smallest absolute Gasteiger partial charge is 0.255 e. The SMILES string of the molecule is Cc1cc(C(=O)N2CCN(C(C)CN)CC2)c(C)nn1. The molecule has 0 bridgehead atoms. The Bertz CT molecular complexity index is 482. The molecule has 0 saturated carbocycles. The maximum Gasteiger partial charge on any atom is 0.255 e. The lowest BCUT2D eigenvalue weighted by atomic mass is 10.1. The summed E-state index contributed by atoms with van der Waals surface area (Å²) in [6, 6.07) is 2.19. The van der Waals surface area contributed by atoms with Gasteiger partial charge in [0.15, 0.2) is 0 Å². The van der Waals surface area contributed by atoms with E-state index in [0.29, 0.717) is 23.8 Å². The Hall–Kier alpha value is -1.53. The molecule has 1 aromatic rings. The Morgan fingerprint density at radius 2 is 1.95 bits per heavy atom. The molecule has 0 spiro atoms. The zero-order chi connectivity index (χ0) is 14.7. The highest BCUT2D eigenvalue weighted by Gasteiger charge is 2.25.